The standard InChI is InChI=1S/C12H10N2O2/c1-7-13-10-9-5-3-2-4-8(9)6-16-11(10)12(15)14-7/h2-5H,6H2,1H3,(H,13,14,15). The molecule has 1 aliphatic heterocycles. The molecule has 1 aliphatic rings. The Morgan fingerprint density at radius 2 is 2.19 bits per heavy atom. The van der Waals surface area contributed by atoms with Gasteiger partial charge in [-0.15, -0.1) is 0 Å². The van der Waals surface area contributed by atoms with Crippen LogP contribution in [0.15, 0.2) is 29.1 Å². The molecule has 0 saturated heterocycles. The Hall–Kier alpha value is -2.10. The summed E-state index contributed by atoms with van der Waals surface area (Å²) in [5.74, 6) is 0.924. The van der Waals surface area contributed by atoms with Gasteiger partial charge in [0.15, 0.2) is 0 Å². The zero-order chi connectivity index (χ0) is 11.1. The fourth-order valence-corrected chi connectivity index (χ4v) is 1.92. The molecule has 0 fully saturated rings. The summed E-state index contributed by atoms with van der Waals surface area (Å²) in [6.07, 6.45) is 0. The van der Waals surface area contributed by atoms with E-state index in [4.69, 9.17) is 4.74 Å². The summed E-state index contributed by atoms with van der Waals surface area (Å²) in [4.78, 5) is 18.6. The molecule has 4 nitrogen and oxygen atoms in total. The van der Waals surface area contributed by atoms with Crippen LogP contribution in [0.1, 0.15) is 11.4 Å². The van der Waals surface area contributed by atoms with Gasteiger partial charge in [0.05, 0.1) is 0 Å². The lowest BCUT2D eigenvalue weighted by Crippen LogP contribution is -2.19. The highest BCUT2D eigenvalue weighted by molar-refractivity contribution is 5.70. The first-order valence-electron chi connectivity index (χ1n) is 5.08. The number of hydrogen-bond donors (Lipinski definition) is 1. The second kappa shape index (κ2) is 3.20. The molecule has 1 aromatic carbocycles. The number of nitrogens with zero attached hydrogens (tertiary/aromatic N) is 1. The third-order valence-corrected chi connectivity index (χ3v) is 2.64. The largest absolute Gasteiger partial charge is 0.481 e. The number of ether oxygens (including phenoxy) is 1. The highest BCUT2D eigenvalue weighted by Crippen LogP contribution is 2.32. The average molecular weight is 214 g/mol. The third kappa shape index (κ3) is 1.23. The van der Waals surface area contributed by atoms with E-state index in [1.165, 1.54) is 0 Å². The van der Waals surface area contributed by atoms with Gasteiger partial charge in [0.2, 0.25) is 5.75 Å². The number of rotatable bonds is 0. The Bertz CT molecular complexity index is 617. The summed E-state index contributed by atoms with van der Waals surface area (Å²) in [6, 6.07) is 7.83. The van der Waals surface area contributed by atoms with Crippen molar-refractivity contribution in [2.24, 2.45) is 0 Å². The van der Waals surface area contributed by atoms with Gasteiger partial charge in [-0.25, -0.2) is 4.98 Å². The molecule has 0 aliphatic carbocycles. The van der Waals surface area contributed by atoms with Gasteiger partial charge in [0.25, 0.3) is 5.56 Å². The monoisotopic (exact) mass is 214 g/mol. The van der Waals surface area contributed by atoms with Crippen LogP contribution in [0.5, 0.6) is 5.75 Å². The lowest BCUT2D eigenvalue weighted by Gasteiger charge is -2.18. The van der Waals surface area contributed by atoms with Crippen molar-refractivity contribution in [3.8, 4) is 17.0 Å². The van der Waals surface area contributed by atoms with Crippen molar-refractivity contribution < 1.29 is 4.74 Å². The van der Waals surface area contributed by atoms with Gasteiger partial charge in [-0.1, -0.05) is 24.3 Å². The first-order valence-corrected chi connectivity index (χ1v) is 5.08. The summed E-state index contributed by atoms with van der Waals surface area (Å²) >= 11 is 0. The van der Waals surface area contributed by atoms with E-state index in [-0.39, 0.29) is 5.56 Å². The Morgan fingerprint density at radius 1 is 1.38 bits per heavy atom. The van der Waals surface area contributed by atoms with Crippen molar-refractivity contribution >= 4 is 0 Å². The first-order chi connectivity index (χ1) is 7.75. The van der Waals surface area contributed by atoms with E-state index in [1.54, 1.807) is 6.92 Å². The van der Waals surface area contributed by atoms with Crippen LogP contribution in [0, 0.1) is 6.92 Å². The van der Waals surface area contributed by atoms with Gasteiger partial charge in [0, 0.05) is 5.56 Å². The summed E-state index contributed by atoms with van der Waals surface area (Å²) in [5.41, 5.74) is 2.48. The van der Waals surface area contributed by atoms with E-state index in [2.05, 4.69) is 9.97 Å². The number of aromatic nitrogens is 2. The Morgan fingerprint density at radius 3 is 3.06 bits per heavy atom. The number of hydrogen-bond acceptors (Lipinski definition) is 3. The molecule has 0 amide bonds. The topological polar surface area (TPSA) is 55.0 Å². The van der Waals surface area contributed by atoms with Gasteiger partial charge in [-0.2, -0.15) is 0 Å². The molecule has 3 rings (SSSR count). The molecule has 1 aromatic heterocycles. The lowest BCUT2D eigenvalue weighted by molar-refractivity contribution is 0.296. The van der Waals surface area contributed by atoms with Crippen molar-refractivity contribution in [1.29, 1.82) is 0 Å². The predicted octanol–water partition coefficient (Wildman–Crippen LogP) is 1.64. The van der Waals surface area contributed by atoms with Crippen LogP contribution in [0.2, 0.25) is 0 Å². The molecule has 4 heteroatoms. The van der Waals surface area contributed by atoms with Crippen LogP contribution in [-0.2, 0) is 6.61 Å². The van der Waals surface area contributed by atoms with E-state index >= 15 is 0 Å². The fraction of sp³-hybridized carbons (Fsp3) is 0.167. The third-order valence-electron chi connectivity index (χ3n) is 2.64. The smallest absolute Gasteiger partial charge is 0.293 e. The molecule has 0 saturated carbocycles. The SMILES string of the molecule is Cc1nc2c(c(=O)[nH]1)OCc1ccccc1-2. The van der Waals surface area contributed by atoms with Crippen molar-refractivity contribution in [2.45, 2.75) is 13.5 Å². The van der Waals surface area contributed by atoms with Gasteiger partial charge >= 0.3 is 0 Å². The number of benzene rings is 1. The van der Waals surface area contributed by atoms with Gasteiger partial charge in [0.1, 0.15) is 18.1 Å². The minimum Gasteiger partial charge on any atom is -0.481 e. The van der Waals surface area contributed by atoms with Gasteiger partial charge < -0.3 is 9.72 Å². The van der Waals surface area contributed by atoms with Crippen LogP contribution in [0.25, 0.3) is 11.3 Å². The summed E-state index contributed by atoms with van der Waals surface area (Å²) in [6.45, 7) is 2.19. The predicted molar refractivity (Wildman–Crippen MR) is 59.4 cm³/mol. The van der Waals surface area contributed by atoms with Crippen molar-refractivity contribution in [1.82, 2.24) is 9.97 Å². The van der Waals surface area contributed by atoms with E-state index in [9.17, 15) is 4.79 Å². The maximum absolute atomic E-state index is 11.7. The van der Waals surface area contributed by atoms with Crippen molar-refractivity contribution in [3.63, 3.8) is 0 Å². The molecular formula is C12H10N2O2. The Kier molecular flexibility index (Phi) is 1.83. The van der Waals surface area contributed by atoms with Crippen LogP contribution < -0.4 is 10.3 Å². The zero-order valence-electron chi connectivity index (χ0n) is 8.78. The summed E-state index contributed by atoms with van der Waals surface area (Å²) in [7, 11) is 0. The number of fused-ring (bicyclic) bond motifs is 3. The first kappa shape index (κ1) is 9.15. The van der Waals surface area contributed by atoms with E-state index < -0.39 is 0 Å². The molecule has 0 spiro atoms. The molecule has 80 valence electrons. The van der Waals surface area contributed by atoms with E-state index in [0.29, 0.717) is 23.9 Å². The molecule has 0 unspecified atom stereocenters. The van der Waals surface area contributed by atoms with E-state index in [0.717, 1.165) is 11.1 Å². The molecule has 0 radical (unpaired) electrons. The number of nitrogens with one attached hydrogen (secondary N) is 1. The zero-order valence-corrected chi connectivity index (χ0v) is 8.78. The summed E-state index contributed by atoms with van der Waals surface area (Å²) in [5, 5.41) is 0. The van der Waals surface area contributed by atoms with Crippen LogP contribution in [-0.4, -0.2) is 9.97 Å². The van der Waals surface area contributed by atoms with Crippen molar-refractivity contribution in [2.75, 3.05) is 0 Å². The highest BCUT2D eigenvalue weighted by Gasteiger charge is 2.21. The average Bonchev–Trinajstić information content (AvgIpc) is 2.28. The van der Waals surface area contributed by atoms with Gasteiger partial charge in [-0.3, -0.25) is 4.79 Å². The molecule has 2 heterocycles. The van der Waals surface area contributed by atoms with Crippen LogP contribution in [0.3, 0.4) is 0 Å². The molecule has 16 heavy (non-hydrogen) atoms. The molecule has 2 aromatic rings. The molecule has 1 N–H and O–H groups in total. The van der Waals surface area contributed by atoms with Crippen LogP contribution >= 0.6 is 0 Å². The summed E-state index contributed by atoms with van der Waals surface area (Å²) < 4.78 is 5.43. The minimum absolute atomic E-state index is 0.211. The van der Waals surface area contributed by atoms with E-state index in [1.807, 2.05) is 24.3 Å². The normalized spacial score (nSPS) is 12.6. The number of aryl methyl sites for hydroxylation is 1. The molecule has 0 atom stereocenters. The second-order valence-electron chi connectivity index (χ2n) is 3.77. The molecule has 0 bridgehead atoms. The maximum Gasteiger partial charge on any atom is 0.293 e. The quantitative estimate of drug-likeness (QED) is 0.725. The fourth-order valence-electron chi connectivity index (χ4n) is 1.92. The second-order valence-corrected chi connectivity index (χ2v) is 3.77. The van der Waals surface area contributed by atoms with Gasteiger partial charge in [-0.05, 0) is 12.5 Å². The maximum atomic E-state index is 11.7. The highest BCUT2D eigenvalue weighted by atomic mass is 16.5. The van der Waals surface area contributed by atoms with Crippen LogP contribution in [0.4, 0.5) is 0 Å². The number of aromatic amines is 1. The number of H-pyrrole nitrogens is 1. The Balaban J connectivity index is 2.36. The molecular weight excluding hydrogens is 204 g/mol. The van der Waals surface area contributed by atoms with Crippen molar-refractivity contribution in [3.05, 3.63) is 46.0 Å². The lowest BCUT2D eigenvalue weighted by atomic mass is 10.0. The minimum atomic E-state index is -0.211. The Labute approximate surface area is 91.9 Å².